The molecule has 0 saturated carbocycles. The summed E-state index contributed by atoms with van der Waals surface area (Å²) in [6.45, 7) is 1.87. The molecule has 0 aliphatic carbocycles. The van der Waals surface area contributed by atoms with E-state index in [1.807, 2.05) is 6.92 Å². The molecule has 0 aromatic heterocycles. The van der Waals surface area contributed by atoms with Crippen LogP contribution in [0.4, 0.5) is 0 Å². The predicted molar refractivity (Wildman–Crippen MR) is 69.7 cm³/mol. The minimum Gasteiger partial charge on any atom is -0.479 e. The number of carboxylic acids is 1. The summed E-state index contributed by atoms with van der Waals surface area (Å²) in [6, 6.07) is 0. The molecule has 0 heterocycles. The standard InChI is InChI=1S/C13H26O6/c1-2-9(14)3-4-10(15)5-6-11(16)7-8-12(17)13(18)19/h9-12,14-17H,2-8H2,1H3,(H,18,19). The van der Waals surface area contributed by atoms with Gasteiger partial charge in [-0.3, -0.25) is 0 Å². The van der Waals surface area contributed by atoms with Gasteiger partial charge >= 0.3 is 5.97 Å². The van der Waals surface area contributed by atoms with Crippen molar-refractivity contribution in [3.63, 3.8) is 0 Å². The molecule has 0 radical (unpaired) electrons. The van der Waals surface area contributed by atoms with Crippen molar-refractivity contribution in [2.24, 2.45) is 0 Å². The third kappa shape index (κ3) is 9.84. The average Bonchev–Trinajstić information content (AvgIpc) is 2.39. The molecule has 0 fully saturated rings. The van der Waals surface area contributed by atoms with Crippen LogP contribution in [0.5, 0.6) is 0 Å². The van der Waals surface area contributed by atoms with Gasteiger partial charge in [0.2, 0.25) is 0 Å². The van der Waals surface area contributed by atoms with E-state index in [9.17, 15) is 20.1 Å². The van der Waals surface area contributed by atoms with Crippen molar-refractivity contribution < 1.29 is 30.3 Å². The number of rotatable bonds is 11. The third-order valence-electron chi connectivity index (χ3n) is 3.20. The van der Waals surface area contributed by atoms with Crippen LogP contribution in [-0.4, -0.2) is 55.9 Å². The second kappa shape index (κ2) is 10.1. The van der Waals surface area contributed by atoms with E-state index in [-0.39, 0.29) is 12.8 Å². The maximum atomic E-state index is 10.4. The minimum atomic E-state index is -1.45. The van der Waals surface area contributed by atoms with E-state index in [1.165, 1.54) is 0 Å². The van der Waals surface area contributed by atoms with Gasteiger partial charge in [0.15, 0.2) is 6.10 Å². The van der Waals surface area contributed by atoms with Crippen LogP contribution in [0.15, 0.2) is 0 Å². The Bertz CT molecular complexity index is 245. The number of carbonyl (C=O) groups is 1. The van der Waals surface area contributed by atoms with Crippen molar-refractivity contribution >= 4 is 5.97 Å². The fourth-order valence-electron chi connectivity index (χ4n) is 1.74. The van der Waals surface area contributed by atoms with E-state index in [0.29, 0.717) is 32.1 Å². The zero-order valence-corrected chi connectivity index (χ0v) is 11.4. The van der Waals surface area contributed by atoms with Gasteiger partial charge in [0, 0.05) is 0 Å². The molecule has 0 spiro atoms. The molecule has 0 aliphatic heterocycles. The van der Waals surface area contributed by atoms with Crippen molar-refractivity contribution in [3.05, 3.63) is 0 Å². The van der Waals surface area contributed by atoms with Gasteiger partial charge in [-0.25, -0.2) is 4.79 Å². The van der Waals surface area contributed by atoms with Crippen molar-refractivity contribution in [1.29, 1.82) is 0 Å². The van der Waals surface area contributed by atoms with Crippen molar-refractivity contribution in [2.75, 3.05) is 0 Å². The summed E-state index contributed by atoms with van der Waals surface area (Å²) in [4.78, 5) is 10.4. The molecule has 0 rings (SSSR count). The Hall–Kier alpha value is -0.690. The molecule has 19 heavy (non-hydrogen) atoms. The fourth-order valence-corrected chi connectivity index (χ4v) is 1.74. The average molecular weight is 278 g/mol. The maximum absolute atomic E-state index is 10.4. The lowest BCUT2D eigenvalue weighted by Gasteiger charge is -2.16. The molecular formula is C13H26O6. The molecule has 0 aliphatic rings. The highest BCUT2D eigenvalue weighted by molar-refractivity contribution is 5.71. The van der Waals surface area contributed by atoms with Gasteiger partial charge in [-0.1, -0.05) is 6.92 Å². The van der Waals surface area contributed by atoms with Crippen LogP contribution in [0.1, 0.15) is 51.9 Å². The van der Waals surface area contributed by atoms with E-state index in [1.54, 1.807) is 0 Å². The van der Waals surface area contributed by atoms with E-state index >= 15 is 0 Å². The first-order valence-electron chi connectivity index (χ1n) is 6.81. The molecule has 0 bridgehead atoms. The topological polar surface area (TPSA) is 118 Å². The van der Waals surface area contributed by atoms with Gasteiger partial charge in [-0.05, 0) is 44.9 Å². The molecule has 0 amide bonds. The number of carboxylic acid groups (broad SMARTS) is 1. The molecule has 4 atom stereocenters. The summed E-state index contributed by atoms with van der Waals surface area (Å²) >= 11 is 0. The molecule has 6 heteroatoms. The molecule has 4 unspecified atom stereocenters. The maximum Gasteiger partial charge on any atom is 0.332 e. The van der Waals surface area contributed by atoms with Gasteiger partial charge in [0.25, 0.3) is 0 Å². The number of aliphatic carboxylic acids is 1. The van der Waals surface area contributed by atoms with Crippen LogP contribution >= 0.6 is 0 Å². The summed E-state index contributed by atoms with van der Waals surface area (Å²) in [5.74, 6) is -1.29. The summed E-state index contributed by atoms with van der Waals surface area (Å²) < 4.78 is 0. The number of hydrogen-bond acceptors (Lipinski definition) is 5. The Morgan fingerprint density at radius 3 is 1.53 bits per heavy atom. The Morgan fingerprint density at radius 1 is 0.789 bits per heavy atom. The summed E-state index contributed by atoms with van der Waals surface area (Å²) in [5.41, 5.74) is 0. The van der Waals surface area contributed by atoms with Gasteiger partial charge < -0.3 is 25.5 Å². The Labute approximate surface area is 113 Å². The van der Waals surface area contributed by atoms with Crippen molar-refractivity contribution in [2.45, 2.75) is 76.3 Å². The molecular weight excluding hydrogens is 252 g/mol. The van der Waals surface area contributed by atoms with Crippen molar-refractivity contribution in [1.82, 2.24) is 0 Å². The summed E-state index contributed by atoms with van der Waals surface area (Å²) in [7, 11) is 0. The highest BCUT2D eigenvalue weighted by atomic mass is 16.4. The van der Waals surface area contributed by atoms with E-state index in [2.05, 4.69) is 0 Å². The van der Waals surface area contributed by atoms with Gasteiger partial charge in [0.05, 0.1) is 18.3 Å². The van der Waals surface area contributed by atoms with Crippen molar-refractivity contribution in [3.8, 4) is 0 Å². The second-order valence-electron chi connectivity index (χ2n) is 4.96. The third-order valence-corrected chi connectivity index (χ3v) is 3.20. The highest BCUT2D eigenvalue weighted by Gasteiger charge is 2.16. The Balaban J connectivity index is 3.66. The molecule has 0 aromatic rings. The first kappa shape index (κ1) is 18.3. The normalized spacial score (nSPS) is 17.7. The first-order valence-corrected chi connectivity index (χ1v) is 6.81. The largest absolute Gasteiger partial charge is 0.479 e. The van der Waals surface area contributed by atoms with Crippen LogP contribution < -0.4 is 0 Å². The number of hydrogen-bond donors (Lipinski definition) is 5. The van der Waals surface area contributed by atoms with E-state index in [4.69, 9.17) is 10.2 Å². The van der Waals surface area contributed by atoms with E-state index in [0.717, 1.165) is 0 Å². The molecule has 5 N–H and O–H groups in total. The lowest BCUT2D eigenvalue weighted by Crippen LogP contribution is -2.22. The summed E-state index contributed by atoms with van der Waals surface area (Å²) in [5, 5.41) is 46.1. The van der Waals surface area contributed by atoms with Gasteiger partial charge in [-0.15, -0.1) is 0 Å². The quantitative estimate of drug-likeness (QED) is 0.370. The monoisotopic (exact) mass is 278 g/mol. The van der Waals surface area contributed by atoms with Crippen LogP contribution in [0.3, 0.4) is 0 Å². The SMILES string of the molecule is CCC(O)CCC(O)CCC(O)CCC(O)C(=O)O. The highest BCUT2D eigenvalue weighted by Crippen LogP contribution is 2.13. The zero-order valence-electron chi connectivity index (χ0n) is 11.4. The zero-order chi connectivity index (χ0) is 14.8. The Kier molecular flexibility index (Phi) is 9.77. The van der Waals surface area contributed by atoms with Gasteiger partial charge in [-0.2, -0.15) is 0 Å². The lowest BCUT2D eigenvalue weighted by atomic mass is 10.0. The smallest absolute Gasteiger partial charge is 0.332 e. The lowest BCUT2D eigenvalue weighted by molar-refractivity contribution is -0.147. The molecule has 6 nitrogen and oxygen atoms in total. The number of aliphatic hydroxyl groups is 4. The van der Waals surface area contributed by atoms with Crippen LogP contribution in [0.2, 0.25) is 0 Å². The van der Waals surface area contributed by atoms with Crippen LogP contribution in [0.25, 0.3) is 0 Å². The first-order chi connectivity index (χ1) is 8.86. The molecule has 0 aromatic carbocycles. The Morgan fingerprint density at radius 2 is 1.16 bits per heavy atom. The van der Waals surface area contributed by atoms with Crippen LogP contribution in [-0.2, 0) is 4.79 Å². The predicted octanol–water partition coefficient (Wildman–Crippen LogP) is 0.265. The van der Waals surface area contributed by atoms with Crippen LogP contribution in [0, 0.1) is 0 Å². The van der Waals surface area contributed by atoms with Gasteiger partial charge in [0.1, 0.15) is 0 Å². The summed E-state index contributed by atoms with van der Waals surface area (Å²) in [6.07, 6.45) is -0.507. The molecule has 114 valence electrons. The fraction of sp³-hybridized carbons (Fsp3) is 0.923. The van der Waals surface area contributed by atoms with E-state index < -0.39 is 30.4 Å². The minimum absolute atomic E-state index is 0.00113. The number of aliphatic hydroxyl groups excluding tert-OH is 4. The second-order valence-corrected chi connectivity index (χ2v) is 4.96. The molecule has 0 saturated heterocycles.